The Kier molecular flexibility index (Phi) is 8.29. The van der Waals surface area contributed by atoms with Crippen molar-refractivity contribution < 1.29 is 30.4 Å². The molecule has 0 amide bonds. The van der Waals surface area contributed by atoms with Gasteiger partial charge < -0.3 is 9.30 Å². The molecule has 8 aromatic rings. The number of aromatic nitrogens is 3. The molecule has 0 N–H and O–H groups in total. The third-order valence-corrected chi connectivity index (χ3v) is 9.44. The van der Waals surface area contributed by atoms with Gasteiger partial charge in [0.25, 0.3) is 0 Å². The number of para-hydroxylation sites is 1. The second-order valence-corrected chi connectivity index (χ2v) is 13.7. The monoisotopic (exact) mass is 838 g/mol. The molecule has 1 aliphatic heterocycles. The van der Waals surface area contributed by atoms with Crippen LogP contribution in [0.2, 0.25) is 0 Å². The molecular formula is C46H33N3OPt-2. The van der Waals surface area contributed by atoms with Gasteiger partial charge in [-0.1, -0.05) is 105 Å². The minimum Gasteiger partial charge on any atom is -0.504 e. The van der Waals surface area contributed by atoms with E-state index in [0.29, 0.717) is 11.5 Å². The van der Waals surface area contributed by atoms with Gasteiger partial charge in [-0.2, -0.15) is 17.7 Å². The van der Waals surface area contributed by atoms with Crippen molar-refractivity contribution in [3.8, 4) is 39.7 Å². The van der Waals surface area contributed by atoms with Crippen molar-refractivity contribution in [2.24, 2.45) is 0 Å². The molecule has 0 atom stereocenters. The summed E-state index contributed by atoms with van der Waals surface area (Å²) in [6.45, 7) is 6.67. The Morgan fingerprint density at radius 1 is 0.647 bits per heavy atom. The smallest absolute Gasteiger partial charge is 0.155 e. The molecule has 0 aliphatic carbocycles. The molecule has 0 spiro atoms. The van der Waals surface area contributed by atoms with Crippen LogP contribution in [0.1, 0.15) is 37.5 Å². The minimum absolute atomic E-state index is 0. The third kappa shape index (κ3) is 5.80. The Morgan fingerprint density at radius 2 is 1.35 bits per heavy atom. The molecule has 4 heterocycles. The average molecular weight is 839 g/mol. The van der Waals surface area contributed by atoms with Crippen LogP contribution in [-0.2, 0) is 26.5 Å². The summed E-state index contributed by atoms with van der Waals surface area (Å²) in [5, 5.41) is 2.24. The molecule has 4 nitrogen and oxygen atoms in total. The van der Waals surface area contributed by atoms with Crippen molar-refractivity contribution in [1.29, 1.82) is 0 Å². The molecule has 0 bridgehead atoms. The van der Waals surface area contributed by atoms with Gasteiger partial charge in [-0.15, -0.1) is 46.9 Å². The first-order valence-electron chi connectivity index (χ1n) is 16.9. The van der Waals surface area contributed by atoms with Crippen LogP contribution in [0.4, 0.5) is 0 Å². The topological polar surface area (TPSA) is 30.9 Å². The van der Waals surface area contributed by atoms with E-state index in [4.69, 9.17) is 9.72 Å². The molecule has 5 heteroatoms. The van der Waals surface area contributed by atoms with Gasteiger partial charge in [-0.25, -0.2) is 4.98 Å². The average Bonchev–Trinajstić information content (AvgIpc) is 3.47. The van der Waals surface area contributed by atoms with Crippen molar-refractivity contribution in [3.63, 3.8) is 0 Å². The molecule has 250 valence electrons. The largest absolute Gasteiger partial charge is 0.504 e. The third-order valence-electron chi connectivity index (χ3n) is 9.44. The van der Waals surface area contributed by atoms with Crippen LogP contribution < -0.4 is 9.30 Å². The zero-order valence-corrected chi connectivity index (χ0v) is 30.7. The first-order valence-corrected chi connectivity index (χ1v) is 16.9. The summed E-state index contributed by atoms with van der Waals surface area (Å²) in [5.41, 5.74) is 10.7. The van der Waals surface area contributed by atoms with Crippen LogP contribution in [-0.4, -0.2) is 9.55 Å². The minimum atomic E-state index is -0.0108. The van der Waals surface area contributed by atoms with Gasteiger partial charge >= 0.3 is 0 Å². The summed E-state index contributed by atoms with van der Waals surface area (Å²) in [6, 6.07) is 53.3. The van der Waals surface area contributed by atoms with Crippen molar-refractivity contribution in [2.45, 2.75) is 26.2 Å². The van der Waals surface area contributed by atoms with Gasteiger partial charge in [0.2, 0.25) is 0 Å². The molecule has 0 fully saturated rings. The number of hydrogen-bond donors (Lipinski definition) is 0. The molecule has 51 heavy (non-hydrogen) atoms. The maximum Gasteiger partial charge on any atom is 0.155 e. The van der Waals surface area contributed by atoms with Crippen LogP contribution >= 0.6 is 0 Å². The van der Waals surface area contributed by atoms with Crippen LogP contribution in [0, 0.1) is 18.3 Å². The zero-order chi connectivity index (χ0) is 33.8. The van der Waals surface area contributed by atoms with Gasteiger partial charge in [0, 0.05) is 49.8 Å². The number of ether oxygens (including phenoxy) is 1. The fourth-order valence-corrected chi connectivity index (χ4v) is 6.97. The van der Waals surface area contributed by atoms with Crippen molar-refractivity contribution in [3.05, 3.63) is 181 Å². The molecule has 3 aromatic heterocycles. The van der Waals surface area contributed by atoms with Crippen LogP contribution in [0.15, 0.2) is 146 Å². The number of benzene rings is 5. The predicted octanol–water partition coefficient (Wildman–Crippen LogP) is 10.5. The summed E-state index contributed by atoms with van der Waals surface area (Å²) in [5.74, 6) is 2.06. The SMILES string of the molecule is CC(C)(C)c1ccnc(-n2c3[c-]c(Oc4[c-]c(C5=[C-][n+]6ccccc6-c6ccccc6-c6ccccc65)ccc4)ccc3c3ccccc32)c1.[Pt]. The standard InChI is InChI=1S/C46H33N3O.Pt/c1-46(2,3)32-24-25-47-45(28-32)49-43-21-9-8-19-39(43)40-23-22-34(29-44(40)49)50-33-14-12-13-31(27-33)41-30-48-26-11-10-20-42(48)38-18-7-6-16-36(38)35-15-4-5-17-37(35)41;/h4-26,28H,1-3H3;/q-2;. The Hall–Kier alpha value is -5.57. The van der Waals surface area contributed by atoms with E-state index in [1.54, 1.807) is 0 Å². The summed E-state index contributed by atoms with van der Waals surface area (Å²) in [4.78, 5) is 4.82. The van der Waals surface area contributed by atoms with E-state index in [1.165, 1.54) is 11.1 Å². The van der Waals surface area contributed by atoms with Crippen molar-refractivity contribution >= 4 is 27.4 Å². The Balaban J connectivity index is 0.00000374. The van der Waals surface area contributed by atoms with E-state index in [0.717, 1.165) is 61.1 Å². The Bertz CT molecular complexity index is 2630. The van der Waals surface area contributed by atoms with Crippen molar-refractivity contribution in [1.82, 2.24) is 9.55 Å². The number of rotatable bonds is 4. The van der Waals surface area contributed by atoms with E-state index in [-0.39, 0.29) is 26.5 Å². The molecule has 0 unspecified atom stereocenters. The number of pyridine rings is 2. The summed E-state index contributed by atoms with van der Waals surface area (Å²) in [6.07, 6.45) is 7.66. The number of nitrogens with zero attached hydrogens (tertiary/aromatic N) is 3. The molecule has 0 saturated carbocycles. The Labute approximate surface area is 312 Å². The predicted molar refractivity (Wildman–Crippen MR) is 200 cm³/mol. The van der Waals surface area contributed by atoms with E-state index in [9.17, 15) is 0 Å². The van der Waals surface area contributed by atoms with Gasteiger partial charge in [0.05, 0.1) is 0 Å². The quantitative estimate of drug-likeness (QED) is 0.131. The summed E-state index contributed by atoms with van der Waals surface area (Å²) in [7, 11) is 0. The number of fused-ring (bicyclic) bond motifs is 8. The summed E-state index contributed by atoms with van der Waals surface area (Å²) >= 11 is 0. The van der Waals surface area contributed by atoms with E-state index in [2.05, 4.69) is 164 Å². The maximum absolute atomic E-state index is 6.56. The second kappa shape index (κ2) is 13.0. The van der Waals surface area contributed by atoms with E-state index >= 15 is 0 Å². The van der Waals surface area contributed by atoms with Gasteiger partial charge in [0.15, 0.2) is 5.69 Å². The van der Waals surface area contributed by atoms with Gasteiger partial charge in [0.1, 0.15) is 18.2 Å². The Morgan fingerprint density at radius 3 is 2.18 bits per heavy atom. The number of hydrogen-bond acceptors (Lipinski definition) is 2. The maximum atomic E-state index is 6.56. The van der Waals surface area contributed by atoms with Gasteiger partial charge in [-0.05, 0) is 52.3 Å². The van der Waals surface area contributed by atoms with Gasteiger partial charge in [-0.3, -0.25) is 4.57 Å². The fourth-order valence-electron chi connectivity index (χ4n) is 6.97. The molecule has 1 aliphatic rings. The fraction of sp³-hybridized carbons (Fsp3) is 0.0870. The van der Waals surface area contributed by atoms with E-state index in [1.807, 2.05) is 30.5 Å². The van der Waals surface area contributed by atoms with Crippen LogP contribution in [0.5, 0.6) is 11.5 Å². The van der Waals surface area contributed by atoms with Crippen LogP contribution in [0.25, 0.3) is 55.6 Å². The first kappa shape index (κ1) is 32.6. The molecule has 9 rings (SSSR count). The molecule has 0 radical (unpaired) electrons. The molecule has 0 saturated heterocycles. The molecular weight excluding hydrogens is 806 g/mol. The van der Waals surface area contributed by atoms with Crippen LogP contribution in [0.3, 0.4) is 0 Å². The first-order chi connectivity index (χ1) is 24.4. The normalized spacial score (nSPS) is 12.2. The zero-order valence-electron chi connectivity index (χ0n) is 28.4. The van der Waals surface area contributed by atoms with Crippen molar-refractivity contribution in [2.75, 3.05) is 0 Å². The molecule has 5 aromatic carbocycles. The second-order valence-electron chi connectivity index (χ2n) is 13.7. The van der Waals surface area contributed by atoms with E-state index < -0.39 is 0 Å². The summed E-state index contributed by atoms with van der Waals surface area (Å²) < 4.78 is 10.8.